The van der Waals surface area contributed by atoms with E-state index in [2.05, 4.69) is 4.99 Å². The molecule has 148 valence electrons. The summed E-state index contributed by atoms with van der Waals surface area (Å²) in [5, 5.41) is 0. The molecule has 0 N–H and O–H groups in total. The number of carbonyl (C=O) groups is 1. The van der Waals surface area contributed by atoms with Gasteiger partial charge in [0, 0.05) is 17.6 Å². The molecule has 2 aromatic rings. The van der Waals surface area contributed by atoms with E-state index in [4.69, 9.17) is 0 Å². The molecule has 0 aliphatic carbocycles. The van der Waals surface area contributed by atoms with Crippen molar-refractivity contribution in [3.8, 4) is 0 Å². The first-order chi connectivity index (χ1) is 12.3. The number of halogens is 4. The average Bonchev–Trinajstić information content (AvgIpc) is 2.88. The molecule has 0 unspecified atom stereocenters. The van der Waals surface area contributed by atoms with Crippen molar-refractivity contribution in [3.63, 3.8) is 0 Å². The number of alkyl halides is 3. The highest BCUT2D eigenvalue weighted by Crippen LogP contribution is 2.30. The summed E-state index contributed by atoms with van der Waals surface area (Å²) in [6.45, 7) is 10.6. The van der Waals surface area contributed by atoms with Crippen LogP contribution in [0, 0.1) is 11.7 Å². The molecule has 0 spiro atoms. The highest BCUT2D eigenvalue weighted by atomic mass is 32.1. The van der Waals surface area contributed by atoms with Gasteiger partial charge >= 0.3 is 6.18 Å². The standard InChI is InChI=1S/C19H22F4N2OS/c1-11(2)9-25-10-15(18(3,4)5)27-17(25)24-16(26)13-8-12(19(21,22)23)6-7-14(13)20/h6-8,10-11H,9H2,1-5H3. The Labute approximate surface area is 159 Å². The zero-order chi connectivity index (χ0) is 20.6. The van der Waals surface area contributed by atoms with E-state index in [9.17, 15) is 22.4 Å². The van der Waals surface area contributed by atoms with Crippen LogP contribution in [-0.4, -0.2) is 10.5 Å². The number of nitrogens with zero attached hydrogens (tertiary/aromatic N) is 2. The summed E-state index contributed by atoms with van der Waals surface area (Å²) in [4.78, 5) is 17.7. The average molecular weight is 402 g/mol. The minimum atomic E-state index is -4.66. The first-order valence-corrected chi connectivity index (χ1v) is 9.27. The van der Waals surface area contributed by atoms with Gasteiger partial charge in [-0.1, -0.05) is 34.6 Å². The molecule has 1 aromatic heterocycles. The minimum Gasteiger partial charge on any atom is -0.323 e. The van der Waals surface area contributed by atoms with Crippen molar-refractivity contribution >= 4 is 17.2 Å². The van der Waals surface area contributed by atoms with Gasteiger partial charge in [0.1, 0.15) is 5.82 Å². The highest BCUT2D eigenvalue weighted by molar-refractivity contribution is 7.09. The third-order valence-corrected chi connectivity index (χ3v) is 5.19. The Bertz CT molecular complexity index is 902. The van der Waals surface area contributed by atoms with Crippen molar-refractivity contribution in [1.82, 2.24) is 4.57 Å². The smallest absolute Gasteiger partial charge is 0.323 e. The maximum atomic E-state index is 14.0. The van der Waals surface area contributed by atoms with E-state index in [0.29, 0.717) is 29.5 Å². The predicted octanol–water partition coefficient (Wildman–Crippen LogP) is 5.40. The highest BCUT2D eigenvalue weighted by Gasteiger charge is 2.32. The fourth-order valence-corrected chi connectivity index (χ4v) is 3.41. The van der Waals surface area contributed by atoms with Crippen LogP contribution in [0.15, 0.2) is 29.4 Å². The molecular formula is C19H22F4N2OS. The Morgan fingerprint density at radius 2 is 1.85 bits per heavy atom. The molecule has 0 fully saturated rings. The summed E-state index contributed by atoms with van der Waals surface area (Å²) in [5.41, 5.74) is -1.95. The first kappa shape index (κ1) is 21.3. The van der Waals surface area contributed by atoms with E-state index < -0.39 is 29.0 Å². The Kier molecular flexibility index (Phi) is 5.99. The predicted molar refractivity (Wildman–Crippen MR) is 97.1 cm³/mol. The lowest BCUT2D eigenvalue weighted by atomic mass is 9.95. The molecule has 0 aliphatic heterocycles. The van der Waals surface area contributed by atoms with Gasteiger partial charge in [0.15, 0.2) is 4.80 Å². The first-order valence-electron chi connectivity index (χ1n) is 8.45. The summed E-state index contributed by atoms with van der Waals surface area (Å²) < 4.78 is 54.4. The van der Waals surface area contributed by atoms with Crippen LogP contribution < -0.4 is 4.80 Å². The molecule has 0 saturated heterocycles. The molecule has 8 heteroatoms. The number of benzene rings is 1. The van der Waals surface area contributed by atoms with Crippen LogP contribution in [0.25, 0.3) is 0 Å². The number of amides is 1. The van der Waals surface area contributed by atoms with Gasteiger partial charge in [0.05, 0.1) is 11.1 Å². The number of thiazole rings is 1. The number of hydrogen-bond acceptors (Lipinski definition) is 2. The lowest BCUT2D eigenvalue weighted by Crippen LogP contribution is -2.19. The SMILES string of the molecule is CC(C)Cn1cc(C(C)(C)C)sc1=NC(=O)c1cc(C(F)(F)F)ccc1F. The second-order valence-corrected chi connectivity index (χ2v) is 8.79. The van der Waals surface area contributed by atoms with Gasteiger partial charge in [-0.2, -0.15) is 18.2 Å². The molecule has 0 bridgehead atoms. The Morgan fingerprint density at radius 1 is 1.22 bits per heavy atom. The summed E-state index contributed by atoms with van der Waals surface area (Å²) in [5.74, 6) is -1.79. The molecule has 0 radical (unpaired) electrons. The zero-order valence-electron chi connectivity index (χ0n) is 15.8. The quantitative estimate of drug-likeness (QED) is 0.633. The normalized spacial score (nSPS) is 13.5. The molecule has 0 aliphatic rings. The molecule has 0 atom stereocenters. The van der Waals surface area contributed by atoms with Crippen molar-refractivity contribution < 1.29 is 22.4 Å². The molecule has 3 nitrogen and oxygen atoms in total. The van der Waals surface area contributed by atoms with Crippen LogP contribution >= 0.6 is 11.3 Å². The van der Waals surface area contributed by atoms with Crippen molar-refractivity contribution in [2.45, 2.75) is 52.8 Å². The van der Waals surface area contributed by atoms with Crippen molar-refractivity contribution in [3.05, 3.63) is 51.0 Å². The van der Waals surface area contributed by atoms with Crippen LogP contribution in [0.2, 0.25) is 0 Å². The second-order valence-electron chi connectivity index (χ2n) is 7.78. The van der Waals surface area contributed by atoms with Crippen molar-refractivity contribution in [1.29, 1.82) is 0 Å². The zero-order valence-corrected chi connectivity index (χ0v) is 16.6. The van der Waals surface area contributed by atoms with E-state index in [1.54, 1.807) is 4.57 Å². The number of carbonyl (C=O) groups excluding carboxylic acids is 1. The number of hydrogen-bond donors (Lipinski definition) is 0. The monoisotopic (exact) mass is 402 g/mol. The van der Waals surface area contributed by atoms with Crippen molar-refractivity contribution in [2.75, 3.05) is 0 Å². The maximum absolute atomic E-state index is 14.0. The third-order valence-electron chi connectivity index (χ3n) is 3.74. The number of rotatable bonds is 3. The second kappa shape index (κ2) is 7.58. The van der Waals surface area contributed by atoms with Gasteiger partial charge < -0.3 is 4.57 Å². The summed E-state index contributed by atoms with van der Waals surface area (Å²) in [6, 6.07) is 1.75. The van der Waals surface area contributed by atoms with E-state index >= 15 is 0 Å². The van der Waals surface area contributed by atoms with Gasteiger partial charge in [-0.15, -0.1) is 11.3 Å². The fourth-order valence-electron chi connectivity index (χ4n) is 2.35. The van der Waals surface area contributed by atoms with Gasteiger partial charge in [-0.25, -0.2) is 4.39 Å². The lowest BCUT2D eigenvalue weighted by molar-refractivity contribution is -0.137. The van der Waals surface area contributed by atoms with Crippen LogP contribution in [0.1, 0.15) is 55.4 Å². The summed E-state index contributed by atoms with van der Waals surface area (Å²) >= 11 is 1.28. The van der Waals surface area contributed by atoms with Crippen LogP contribution in [-0.2, 0) is 18.1 Å². The molecule has 2 rings (SSSR count). The van der Waals surface area contributed by atoms with Gasteiger partial charge in [0.25, 0.3) is 5.91 Å². The molecule has 0 saturated carbocycles. The van der Waals surface area contributed by atoms with E-state index in [1.807, 2.05) is 40.8 Å². The van der Waals surface area contributed by atoms with Crippen LogP contribution in [0.5, 0.6) is 0 Å². The van der Waals surface area contributed by atoms with Crippen LogP contribution in [0.3, 0.4) is 0 Å². The fraction of sp³-hybridized carbons (Fsp3) is 0.474. The van der Waals surface area contributed by atoms with Gasteiger partial charge in [-0.05, 0) is 29.5 Å². The Balaban J connectivity index is 2.55. The molecule has 1 aromatic carbocycles. The van der Waals surface area contributed by atoms with E-state index in [1.165, 1.54) is 11.3 Å². The Morgan fingerprint density at radius 3 is 2.37 bits per heavy atom. The Hall–Kier alpha value is -1.96. The van der Waals surface area contributed by atoms with E-state index in [0.717, 1.165) is 4.88 Å². The molecule has 1 heterocycles. The van der Waals surface area contributed by atoms with E-state index in [-0.39, 0.29) is 11.3 Å². The van der Waals surface area contributed by atoms with Crippen LogP contribution in [0.4, 0.5) is 17.6 Å². The topological polar surface area (TPSA) is 34.4 Å². The lowest BCUT2D eigenvalue weighted by Gasteiger charge is -2.14. The van der Waals surface area contributed by atoms with Crippen molar-refractivity contribution in [2.24, 2.45) is 10.9 Å². The minimum absolute atomic E-state index is 0.179. The van der Waals surface area contributed by atoms with Gasteiger partial charge in [-0.3, -0.25) is 4.79 Å². The maximum Gasteiger partial charge on any atom is 0.416 e. The third kappa shape index (κ3) is 5.28. The molecule has 27 heavy (non-hydrogen) atoms. The summed E-state index contributed by atoms with van der Waals surface area (Å²) in [7, 11) is 0. The molecular weight excluding hydrogens is 380 g/mol. The largest absolute Gasteiger partial charge is 0.416 e. The molecule has 1 amide bonds. The number of aromatic nitrogens is 1. The van der Waals surface area contributed by atoms with Gasteiger partial charge in [0.2, 0.25) is 0 Å². The summed E-state index contributed by atoms with van der Waals surface area (Å²) in [6.07, 6.45) is -2.78.